The van der Waals surface area contributed by atoms with Crippen molar-refractivity contribution in [3.8, 4) is 0 Å². The molecule has 0 saturated carbocycles. The van der Waals surface area contributed by atoms with Crippen molar-refractivity contribution in [3.05, 3.63) is 15.8 Å². The van der Waals surface area contributed by atoms with Gasteiger partial charge >= 0.3 is 0 Å². The summed E-state index contributed by atoms with van der Waals surface area (Å²) in [7, 11) is 1.52. The molecule has 6 heteroatoms. The van der Waals surface area contributed by atoms with Gasteiger partial charge in [-0.1, -0.05) is 0 Å². The fraction of sp³-hybridized carbons (Fsp3) is 0.333. The Kier molecular flexibility index (Phi) is 3.68. The van der Waals surface area contributed by atoms with Crippen molar-refractivity contribution in [1.29, 1.82) is 0 Å². The molecule has 0 fully saturated rings. The van der Waals surface area contributed by atoms with Crippen LogP contribution in [0.25, 0.3) is 0 Å². The largest absolute Gasteiger partial charge is 0.398 e. The Balaban J connectivity index is 2.58. The van der Waals surface area contributed by atoms with Gasteiger partial charge < -0.3 is 16.4 Å². The van der Waals surface area contributed by atoms with Crippen LogP contribution in [0, 0.1) is 6.92 Å². The van der Waals surface area contributed by atoms with Gasteiger partial charge in [-0.2, -0.15) is 0 Å². The molecule has 0 aromatic carbocycles. The fourth-order valence-corrected chi connectivity index (χ4v) is 1.80. The highest BCUT2D eigenvalue weighted by molar-refractivity contribution is 7.14. The van der Waals surface area contributed by atoms with Gasteiger partial charge in [0.05, 0.1) is 11.4 Å². The van der Waals surface area contributed by atoms with Crippen LogP contribution in [0.15, 0.2) is 6.07 Å². The van der Waals surface area contributed by atoms with Crippen LogP contribution in [0.1, 0.15) is 14.5 Å². The summed E-state index contributed by atoms with van der Waals surface area (Å²) >= 11 is 1.31. The lowest BCUT2D eigenvalue weighted by Gasteiger charge is -2.01. The van der Waals surface area contributed by atoms with E-state index < -0.39 is 0 Å². The van der Waals surface area contributed by atoms with E-state index in [2.05, 4.69) is 10.6 Å². The second kappa shape index (κ2) is 4.79. The molecule has 5 nitrogen and oxygen atoms in total. The van der Waals surface area contributed by atoms with Gasteiger partial charge in [0.25, 0.3) is 5.91 Å². The molecular formula is C9H13N3O2S. The van der Waals surface area contributed by atoms with E-state index in [0.717, 1.165) is 4.88 Å². The molecule has 0 spiro atoms. The molecule has 0 bridgehead atoms. The van der Waals surface area contributed by atoms with Crippen molar-refractivity contribution in [3.63, 3.8) is 0 Å². The summed E-state index contributed by atoms with van der Waals surface area (Å²) in [5, 5.41) is 4.91. The van der Waals surface area contributed by atoms with Crippen LogP contribution in [0.4, 0.5) is 5.69 Å². The normalized spacial score (nSPS) is 9.73. The van der Waals surface area contributed by atoms with Crippen LogP contribution in [-0.2, 0) is 4.79 Å². The Morgan fingerprint density at radius 3 is 2.67 bits per heavy atom. The number of hydrogen-bond donors (Lipinski definition) is 3. The molecule has 15 heavy (non-hydrogen) atoms. The molecule has 0 unspecified atom stereocenters. The first kappa shape index (κ1) is 11.5. The van der Waals surface area contributed by atoms with Gasteiger partial charge in [-0.15, -0.1) is 11.3 Å². The average molecular weight is 227 g/mol. The summed E-state index contributed by atoms with van der Waals surface area (Å²) in [5.74, 6) is -0.506. The number of hydrogen-bond acceptors (Lipinski definition) is 4. The van der Waals surface area contributed by atoms with Gasteiger partial charge in [0.15, 0.2) is 0 Å². The van der Waals surface area contributed by atoms with Crippen molar-refractivity contribution in [2.45, 2.75) is 6.92 Å². The van der Waals surface area contributed by atoms with Crippen molar-refractivity contribution >= 4 is 28.8 Å². The molecule has 0 atom stereocenters. The van der Waals surface area contributed by atoms with Crippen LogP contribution < -0.4 is 16.4 Å². The molecule has 0 aliphatic rings. The van der Waals surface area contributed by atoms with Gasteiger partial charge in [0.1, 0.15) is 0 Å². The first-order chi connectivity index (χ1) is 7.04. The third kappa shape index (κ3) is 2.95. The number of nitrogen functional groups attached to an aromatic ring is 1. The second-order valence-corrected chi connectivity index (χ2v) is 4.23. The quantitative estimate of drug-likeness (QED) is 0.685. The molecule has 1 rings (SSSR count). The maximum atomic E-state index is 11.5. The summed E-state index contributed by atoms with van der Waals surface area (Å²) in [4.78, 5) is 23.8. The molecule has 2 amide bonds. The number of rotatable bonds is 3. The maximum Gasteiger partial charge on any atom is 0.261 e. The average Bonchev–Trinajstić information content (AvgIpc) is 2.55. The molecule has 1 heterocycles. The molecular weight excluding hydrogens is 214 g/mol. The topological polar surface area (TPSA) is 84.2 Å². The van der Waals surface area contributed by atoms with Crippen LogP contribution in [0.5, 0.6) is 0 Å². The predicted molar refractivity (Wildman–Crippen MR) is 59.9 cm³/mol. The first-order valence-electron chi connectivity index (χ1n) is 4.39. The highest BCUT2D eigenvalue weighted by atomic mass is 32.1. The monoisotopic (exact) mass is 227 g/mol. The number of amides is 2. The van der Waals surface area contributed by atoms with E-state index in [1.165, 1.54) is 18.4 Å². The van der Waals surface area contributed by atoms with Crippen molar-refractivity contribution in [2.24, 2.45) is 0 Å². The third-order valence-electron chi connectivity index (χ3n) is 1.87. The van der Waals surface area contributed by atoms with E-state index in [9.17, 15) is 9.59 Å². The van der Waals surface area contributed by atoms with E-state index in [1.54, 1.807) is 6.07 Å². The standard InChI is InChI=1S/C9H13N3O2S/c1-5-6(10)3-7(15-5)9(14)12-4-8(13)11-2/h3H,4,10H2,1-2H3,(H,11,13)(H,12,14). The van der Waals surface area contributed by atoms with Crippen LogP contribution in [-0.4, -0.2) is 25.4 Å². The van der Waals surface area contributed by atoms with Gasteiger partial charge in [-0.05, 0) is 13.0 Å². The van der Waals surface area contributed by atoms with Gasteiger partial charge in [-0.25, -0.2) is 0 Å². The van der Waals surface area contributed by atoms with E-state index in [-0.39, 0.29) is 18.4 Å². The zero-order valence-electron chi connectivity index (χ0n) is 8.59. The lowest BCUT2D eigenvalue weighted by Crippen LogP contribution is -2.34. The molecule has 0 saturated heterocycles. The molecule has 0 aliphatic carbocycles. The van der Waals surface area contributed by atoms with Gasteiger partial charge in [0.2, 0.25) is 5.91 Å². The fourth-order valence-electron chi connectivity index (χ4n) is 0.944. The second-order valence-electron chi connectivity index (χ2n) is 2.98. The molecule has 1 aromatic rings. The number of anilines is 1. The molecule has 4 N–H and O–H groups in total. The third-order valence-corrected chi connectivity index (χ3v) is 2.93. The van der Waals surface area contributed by atoms with Gasteiger partial charge in [0, 0.05) is 17.6 Å². The van der Waals surface area contributed by atoms with E-state index in [1.807, 2.05) is 6.92 Å². The number of thiophene rings is 1. The Labute approximate surface area is 91.7 Å². The van der Waals surface area contributed by atoms with Crippen LogP contribution in [0.3, 0.4) is 0 Å². The number of nitrogens with one attached hydrogen (secondary N) is 2. The Morgan fingerprint density at radius 2 is 2.20 bits per heavy atom. The number of carbonyl (C=O) groups excluding carboxylic acids is 2. The lowest BCUT2D eigenvalue weighted by molar-refractivity contribution is -0.119. The highest BCUT2D eigenvalue weighted by Crippen LogP contribution is 2.22. The molecule has 1 aromatic heterocycles. The number of carbonyl (C=O) groups is 2. The Bertz CT molecular complexity index is 367. The zero-order valence-corrected chi connectivity index (χ0v) is 9.40. The van der Waals surface area contributed by atoms with E-state index in [4.69, 9.17) is 5.73 Å². The van der Waals surface area contributed by atoms with Crippen molar-refractivity contribution in [2.75, 3.05) is 19.3 Å². The van der Waals surface area contributed by atoms with Crippen molar-refractivity contribution in [1.82, 2.24) is 10.6 Å². The highest BCUT2D eigenvalue weighted by Gasteiger charge is 2.11. The maximum absolute atomic E-state index is 11.5. The first-order valence-corrected chi connectivity index (χ1v) is 5.21. The minimum Gasteiger partial charge on any atom is -0.398 e. The predicted octanol–water partition coefficient (Wildman–Crippen LogP) is 0.115. The Hall–Kier alpha value is -1.56. The summed E-state index contributed by atoms with van der Waals surface area (Å²) in [6.45, 7) is 1.82. The minimum atomic E-state index is -0.275. The smallest absolute Gasteiger partial charge is 0.261 e. The SMILES string of the molecule is CNC(=O)CNC(=O)c1cc(N)c(C)s1. The lowest BCUT2D eigenvalue weighted by atomic mass is 10.3. The molecule has 0 aliphatic heterocycles. The summed E-state index contributed by atoms with van der Waals surface area (Å²) in [5.41, 5.74) is 6.21. The van der Waals surface area contributed by atoms with E-state index >= 15 is 0 Å². The number of nitrogens with two attached hydrogens (primary N) is 1. The Morgan fingerprint density at radius 1 is 1.53 bits per heavy atom. The minimum absolute atomic E-state index is 0.0216. The zero-order chi connectivity index (χ0) is 11.4. The van der Waals surface area contributed by atoms with Crippen LogP contribution in [0.2, 0.25) is 0 Å². The molecule has 0 radical (unpaired) electrons. The number of likely N-dealkylation sites (N-methyl/N-ethyl adjacent to an activating group) is 1. The van der Waals surface area contributed by atoms with Crippen molar-refractivity contribution < 1.29 is 9.59 Å². The van der Waals surface area contributed by atoms with E-state index in [0.29, 0.717) is 10.6 Å². The summed E-state index contributed by atoms with van der Waals surface area (Å²) in [6, 6.07) is 1.61. The molecule has 82 valence electrons. The summed E-state index contributed by atoms with van der Waals surface area (Å²) < 4.78 is 0. The van der Waals surface area contributed by atoms with Gasteiger partial charge in [-0.3, -0.25) is 9.59 Å². The summed E-state index contributed by atoms with van der Waals surface area (Å²) in [6.07, 6.45) is 0. The van der Waals surface area contributed by atoms with Crippen LogP contribution >= 0.6 is 11.3 Å². The number of aryl methyl sites for hydroxylation is 1.